The molecule has 0 radical (unpaired) electrons. The molecule has 0 spiro atoms. The van der Waals surface area contributed by atoms with Crippen molar-refractivity contribution in [2.24, 2.45) is 5.73 Å². The quantitative estimate of drug-likeness (QED) is 0.581. The standard InChI is InChI=1S/C8H11N.C4H11NO3/c1-6-4-5-9-8(3)7(6)2;5-4(1-6,2-7)3-8/h4-5H,1-3H3;6-8H,1-3,5H2. The van der Waals surface area contributed by atoms with Crippen molar-refractivity contribution in [3.05, 3.63) is 29.1 Å². The summed E-state index contributed by atoms with van der Waals surface area (Å²) in [6.07, 6.45) is 1.84. The molecule has 0 aliphatic rings. The van der Waals surface area contributed by atoms with Gasteiger partial charge in [0.1, 0.15) is 0 Å². The summed E-state index contributed by atoms with van der Waals surface area (Å²) in [5.74, 6) is 0. The Morgan fingerprint density at radius 2 is 1.59 bits per heavy atom. The first-order valence-corrected chi connectivity index (χ1v) is 5.40. The number of aromatic nitrogens is 1. The zero-order chi connectivity index (χ0) is 13.5. The fourth-order valence-electron chi connectivity index (χ4n) is 0.918. The molecule has 0 amide bonds. The lowest BCUT2D eigenvalue weighted by molar-refractivity contribution is 0.0698. The summed E-state index contributed by atoms with van der Waals surface area (Å²) < 4.78 is 0. The van der Waals surface area contributed by atoms with Gasteiger partial charge in [0.15, 0.2) is 0 Å². The molecule has 17 heavy (non-hydrogen) atoms. The fourth-order valence-corrected chi connectivity index (χ4v) is 0.918. The molecular formula is C12H22N2O3. The number of rotatable bonds is 3. The van der Waals surface area contributed by atoms with E-state index in [-0.39, 0.29) is 0 Å². The second-order valence-electron chi connectivity index (χ2n) is 4.17. The van der Waals surface area contributed by atoms with Crippen LogP contribution in [0.5, 0.6) is 0 Å². The Kier molecular flexibility index (Phi) is 6.91. The predicted molar refractivity (Wildman–Crippen MR) is 66.6 cm³/mol. The number of pyridine rings is 1. The third kappa shape index (κ3) is 5.23. The van der Waals surface area contributed by atoms with Gasteiger partial charge in [-0.25, -0.2) is 0 Å². The van der Waals surface area contributed by atoms with E-state index in [0.717, 1.165) is 5.69 Å². The van der Waals surface area contributed by atoms with Gasteiger partial charge in [-0.3, -0.25) is 4.98 Å². The zero-order valence-electron chi connectivity index (χ0n) is 10.6. The second kappa shape index (κ2) is 7.34. The number of hydrogen-bond acceptors (Lipinski definition) is 5. The first-order chi connectivity index (χ1) is 7.90. The van der Waals surface area contributed by atoms with E-state index < -0.39 is 25.4 Å². The molecule has 0 fully saturated rings. The molecule has 0 atom stereocenters. The topological polar surface area (TPSA) is 99.6 Å². The molecule has 0 bridgehead atoms. The lowest BCUT2D eigenvalue weighted by Gasteiger charge is -2.20. The Balaban J connectivity index is 0.000000304. The van der Waals surface area contributed by atoms with Crippen LogP contribution in [0.2, 0.25) is 0 Å². The van der Waals surface area contributed by atoms with E-state index in [9.17, 15) is 0 Å². The Morgan fingerprint density at radius 1 is 1.12 bits per heavy atom. The van der Waals surface area contributed by atoms with E-state index in [4.69, 9.17) is 21.1 Å². The highest BCUT2D eigenvalue weighted by Crippen LogP contribution is 2.06. The van der Waals surface area contributed by atoms with Crippen LogP contribution in [0.25, 0.3) is 0 Å². The van der Waals surface area contributed by atoms with Gasteiger partial charge in [0.2, 0.25) is 0 Å². The second-order valence-corrected chi connectivity index (χ2v) is 4.17. The van der Waals surface area contributed by atoms with Crippen molar-refractivity contribution in [2.45, 2.75) is 26.3 Å². The summed E-state index contributed by atoms with van der Waals surface area (Å²) in [7, 11) is 0. The predicted octanol–water partition coefficient (Wildman–Crippen LogP) is -0.332. The normalized spacial score (nSPS) is 10.8. The third-order valence-electron chi connectivity index (χ3n) is 2.67. The summed E-state index contributed by atoms with van der Waals surface area (Å²) in [6.45, 7) is 5.02. The van der Waals surface area contributed by atoms with Gasteiger partial charge in [-0.15, -0.1) is 0 Å². The minimum atomic E-state index is -1.21. The van der Waals surface area contributed by atoms with Crippen LogP contribution in [0.15, 0.2) is 12.3 Å². The Morgan fingerprint density at radius 3 is 1.82 bits per heavy atom. The van der Waals surface area contributed by atoms with Crippen LogP contribution < -0.4 is 5.73 Å². The number of nitrogens with zero attached hydrogens (tertiary/aromatic N) is 1. The lowest BCUT2D eigenvalue weighted by atomic mass is 10.1. The SMILES string of the molecule is Cc1ccnc(C)c1C.NC(CO)(CO)CO. The number of aliphatic hydroxyl groups excluding tert-OH is 3. The van der Waals surface area contributed by atoms with Crippen molar-refractivity contribution < 1.29 is 15.3 Å². The molecule has 0 aliphatic carbocycles. The minimum Gasteiger partial charge on any atom is -0.394 e. The van der Waals surface area contributed by atoms with Crippen LogP contribution in [0.3, 0.4) is 0 Å². The Hall–Kier alpha value is -1.01. The molecule has 98 valence electrons. The number of aliphatic hydroxyl groups is 3. The molecule has 0 unspecified atom stereocenters. The summed E-state index contributed by atoms with van der Waals surface area (Å²) in [6, 6.07) is 2.03. The Bertz CT molecular complexity index is 310. The molecule has 5 N–H and O–H groups in total. The average molecular weight is 242 g/mol. The molecule has 1 rings (SSSR count). The van der Waals surface area contributed by atoms with Gasteiger partial charge < -0.3 is 21.1 Å². The molecule has 5 nitrogen and oxygen atoms in total. The fraction of sp³-hybridized carbons (Fsp3) is 0.583. The van der Waals surface area contributed by atoms with E-state index in [1.807, 2.05) is 19.2 Å². The average Bonchev–Trinajstić information content (AvgIpc) is 2.35. The monoisotopic (exact) mass is 242 g/mol. The van der Waals surface area contributed by atoms with Gasteiger partial charge in [-0.05, 0) is 38.0 Å². The van der Waals surface area contributed by atoms with Gasteiger partial charge in [0.25, 0.3) is 0 Å². The highest BCUT2D eigenvalue weighted by Gasteiger charge is 2.20. The molecule has 0 saturated heterocycles. The van der Waals surface area contributed by atoms with E-state index >= 15 is 0 Å². The summed E-state index contributed by atoms with van der Waals surface area (Å²) >= 11 is 0. The number of hydrogen-bond donors (Lipinski definition) is 4. The molecule has 0 aromatic carbocycles. The van der Waals surface area contributed by atoms with E-state index in [1.165, 1.54) is 11.1 Å². The molecule has 5 heteroatoms. The number of aryl methyl sites for hydroxylation is 2. The van der Waals surface area contributed by atoms with Crippen LogP contribution in [0, 0.1) is 20.8 Å². The van der Waals surface area contributed by atoms with Gasteiger partial charge in [-0.2, -0.15) is 0 Å². The van der Waals surface area contributed by atoms with Gasteiger partial charge in [-0.1, -0.05) is 0 Å². The number of nitrogens with two attached hydrogens (primary N) is 1. The van der Waals surface area contributed by atoms with Crippen LogP contribution in [0.1, 0.15) is 16.8 Å². The van der Waals surface area contributed by atoms with Crippen molar-refractivity contribution in [1.82, 2.24) is 4.98 Å². The lowest BCUT2D eigenvalue weighted by Crippen LogP contribution is -2.50. The van der Waals surface area contributed by atoms with Crippen LogP contribution in [-0.4, -0.2) is 45.7 Å². The maximum absolute atomic E-state index is 8.34. The van der Waals surface area contributed by atoms with Crippen molar-refractivity contribution >= 4 is 0 Å². The van der Waals surface area contributed by atoms with Crippen LogP contribution >= 0.6 is 0 Å². The summed E-state index contributed by atoms with van der Waals surface area (Å²) in [5, 5.41) is 25.0. The summed E-state index contributed by atoms with van der Waals surface area (Å²) in [4.78, 5) is 4.14. The highest BCUT2D eigenvalue weighted by molar-refractivity contribution is 5.25. The highest BCUT2D eigenvalue weighted by atomic mass is 16.3. The van der Waals surface area contributed by atoms with Gasteiger partial charge in [0, 0.05) is 11.9 Å². The molecule has 1 aromatic heterocycles. The van der Waals surface area contributed by atoms with Gasteiger partial charge >= 0.3 is 0 Å². The van der Waals surface area contributed by atoms with Crippen molar-refractivity contribution in [2.75, 3.05) is 19.8 Å². The van der Waals surface area contributed by atoms with Gasteiger partial charge in [0.05, 0.1) is 25.4 Å². The maximum atomic E-state index is 8.34. The van der Waals surface area contributed by atoms with Crippen molar-refractivity contribution in [3.63, 3.8) is 0 Å². The molecule has 0 aliphatic heterocycles. The van der Waals surface area contributed by atoms with Crippen molar-refractivity contribution in [1.29, 1.82) is 0 Å². The minimum absolute atomic E-state index is 0.403. The molecule has 0 saturated carbocycles. The Labute approximate surface area is 102 Å². The zero-order valence-corrected chi connectivity index (χ0v) is 10.6. The first kappa shape index (κ1) is 16.0. The molecule has 1 aromatic rings. The van der Waals surface area contributed by atoms with Crippen LogP contribution in [-0.2, 0) is 0 Å². The molecule has 1 heterocycles. The van der Waals surface area contributed by atoms with Crippen molar-refractivity contribution in [3.8, 4) is 0 Å². The largest absolute Gasteiger partial charge is 0.394 e. The molecular weight excluding hydrogens is 220 g/mol. The van der Waals surface area contributed by atoms with Crippen LogP contribution in [0.4, 0.5) is 0 Å². The van der Waals surface area contributed by atoms with E-state index in [2.05, 4.69) is 18.8 Å². The summed E-state index contributed by atoms with van der Waals surface area (Å²) in [5.41, 5.74) is 7.70. The maximum Gasteiger partial charge on any atom is 0.0856 e. The third-order valence-corrected chi connectivity index (χ3v) is 2.67. The van der Waals surface area contributed by atoms with E-state index in [1.54, 1.807) is 0 Å². The smallest absolute Gasteiger partial charge is 0.0856 e. The first-order valence-electron chi connectivity index (χ1n) is 5.40. The van der Waals surface area contributed by atoms with E-state index in [0.29, 0.717) is 0 Å².